The zero-order valence-corrected chi connectivity index (χ0v) is 17.9. The lowest BCUT2D eigenvalue weighted by atomic mass is 9.99. The predicted molar refractivity (Wildman–Crippen MR) is 119 cm³/mol. The number of fused-ring (bicyclic) bond motifs is 1. The van der Waals surface area contributed by atoms with E-state index in [-0.39, 0.29) is 29.1 Å². The molecule has 1 aliphatic rings. The van der Waals surface area contributed by atoms with Crippen molar-refractivity contribution in [2.24, 2.45) is 5.92 Å². The standard InChI is InChI=1S/C24H25FN2O3S/c25-21-12-10-18(11-13-21)14-15-26-24(28)20-7-4-16-27(17-20)31(29,30)23-9-3-6-19-5-1-2-8-22(19)23/h1-3,5-6,8-13,20H,4,7,14-17H2,(H,26,28). The molecule has 1 fully saturated rings. The average molecular weight is 441 g/mol. The van der Waals surface area contributed by atoms with Gasteiger partial charge in [0.2, 0.25) is 15.9 Å². The van der Waals surface area contributed by atoms with Crippen molar-refractivity contribution in [3.63, 3.8) is 0 Å². The Morgan fingerprint density at radius 3 is 2.58 bits per heavy atom. The van der Waals surface area contributed by atoms with E-state index in [9.17, 15) is 17.6 Å². The Morgan fingerprint density at radius 2 is 1.77 bits per heavy atom. The number of rotatable bonds is 6. The summed E-state index contributed by atoms with van der Waals surface area (Å²) in [5.41, 5.74) is 0.936. The molecule has 31 heavy (non-hydrogen) atoms. The normalized spacial score (nSPS) is 17.5. The van der Waals surface area contributed by atoms with E-state index < -0.39 is 10.0 Å². The van der Waals surface area contributed by atoms with Gasteiger partial charge in [-0.25, -0.2) is 12.8 Å². The highest BCUT2D eigenvalue weighted by atomic mass is 32.2. The summed E-state index contributed by atoms with van der Waals surface area (Å²) in [6.45, 7) is 1.01. The molecule has 0 saturated carbocycles. The van der Waals surface area contributed by atoms with Crippen LogP contribution in [0.1, 0.15) is 18.4 Å². The summed E-state index contributed by atoms with van der Waals surface area (Å²) >= 11 is 0. The monoisotopic (exact) mass is 440 g/mol. The van der Waals surface area contributed by atoms with Crippen LogP contribution in [0.2, 0.25) is 0 Å². The molecular formula is C24H25FN2O3S. The predicted octanol–water partition coefficient (Wildman–Crippen LogP) is 3.74. The van der Waals surface area contributed by atoms with Crippen molar-refractivity contribution in [1.29, 1.82) is 0 Å². The quantitative estimate of drug-likeness (QED) is 0.635. The summed E-state index contributed by atoms with van der Waals surface area (Å²) in [5.74, 6) is -0.811. The van der Waals surface area contributed by atoms with Crippen LogP contribution in [0.25, 0.3) is 10.8 Å². The number of sulfonamides is 1. The minimum atomic E-state index is -3.70. The molecule has 3 aromatic rings. The molecule has 3 aromatic carbocycles. The average Bonchev–Trinajstić information content (AvgIpc) is 2.80. The fraction of sp³-hybridized carbons (Fsp3) is 0.292. The molecule has 1 amide bonds. The third kappa shape index (κ3) is 4.78. The van der Waals surface area contributed by atoms with Crippen LogP contribution in [-0.4, -0.2) is 38.3 Å². The molecular weight excluding hydrogens is 415 g/mol. The summed E-state index contributed by atoms with van der Waals surface area (Å²) in [7, 11) is -3.70. The fourth-order valence-electron chi connectivity index (χ4n) is 4.06. The van der Waals surface area contributed by atoms with Gasteiger partial charge >= 0.3 is 0 Å². The minimum absolute atomic E-state index is 0.139. The highest BCUT2D eigenvalue weighted by Gasteiger charge is 2.33. The Kier molecular flexibility index (Phi) is 6.34. The van der Waals surface area contributed by atoms with Crippen LogP contribution >= 0.6 is 0 Å². The second-order valence-electron chi connectivity index (χ2n) is 7.85. The van der Waals surface area contributed by atoms with Crippen molar-refractivity contribution in [3.05, 3.63) is 78.1 Å². The number of benzene rings is 3. The van der Waals surface area contributed by atoms with Crippen LogP contribution in [0.15, 0.2) is 71.6 Å². The van der Waals surface area contributed by atoms with Crippen molar-refractivity contribution in [1.82, 2.24) is 9.62 Å². The molecule has 162 valence electrons. The molecule has 0 aromatic heterocycles. The number of carbonyl (C=O) groups excluding carboxylic acids is 1. The Balaban J connectivity index is 1.42. The van der Waals surface area contributed by atoms with Gasteiger partial charge in [0.05, 0.1) is 10.8 Å². The molecule has 0 spiro atoms. The molecule has 5 nitrogen and oxygen atoms in total. The van der Waals surface area contributed by atoms with E-state index in [0.29, 0.717) is 37.7 Å². The number of hydrogen-bond donors (Lipinski definition) is 1. The highest BCUT2D eigenvalue weighted by Crippen LogP contribution is 2.29. The number of piperidine rings is 1. The Labute approximate surface area is 181 Å². The fourth-order valence-corrected chi connectivity index (χ4v) is 5.80. The molecule has 1 N–H and O–H groups in total. The Hall–Kier alpha value is -2.77. The molecule has 1 saturated heterocycles. The molecule has 4 rings (SSSR count). The first-order valence-electron chi connectivity index (χ1n) is 10.5. The first-order chi connectivity index (χ1) is 14.9. The van der Waals surface area contributed by atoms with Crippen molar-refractivity contribution < 1.29 is 17.6 Å². The highest BCUT2D eigenvalue weighted by molar-refractivity contribution is 7.89. The van der Waals surface area contributed by atoms with Gasteiger partial charge in [-0.1, -0.05) is 48.5 Å². The molecule has 0 radical (unpaired) electrons. The van der Waals surface area contributed by atoms with E-state index in [4.69, 9.17) is 0 Å². The molecule has 0 bridgehead atoms. The van der Waals surface area contributed by atoms with Crippen molar-refractivity contribution in [2.45, 2.75) is 24.2 Å². The topological polar surface area (TPSA) is 66.5 Å². The molecule has 1 atom stereocenters. The number of amides is 1. The van der Waals surface area contributed by atoms with Crippen LogP contribution in [0.4, 0.5) is 4.39 Å². The van der Waals surface area contributed by atoms with E-state index in [1.165, 1.54) is 16.4 Å². The van der Waals surface area contributed by atoms with E-state index in [1.54, 1.807) is 24.3 Å². The van der Waals surface area contributed by atoms with E-state index in [0.717, 1.165) is 10.9 Å². The van der Waals surface area contributed by atoms with Crippen molar-refractivity contribution in [2.75, 3.05) is 19.6 Å². The molecule has 0 aliphatic carbocycles. The number of carbonyl (C=O) groups is 1. The van der Waals surface area contributed by atoms with E-state index >= 15 is 0 Å². The zero-order valence-electron chi connectivity index (χ0n) is 17.1. The second kappa shape index (κ2) is 9.16. The van der Waals surface area contributed by atoms with Gasteiger partial charge < -0.3 is 5.32 Å². The summed E-state index contributed by atoms with van der Waals surface area (Å²) in [4.78, 5) is 13.0. The summed E-state index contributed by atoms with van der Waals surface area (Å²) in [5, 5.41) is 4.46. The van der Waals surface area contributed by atoms with Gasteiger partial charge in [-0.2, -0.15) is 4.31 Å². The zero-order chi connectivity index (χ0) is 21.8. The van der Waals surface area contributed by atoms with Crippen LogP contribution in [0.3, 0.4) is 0 Å². The second-order valence-corrected chi connectivity index (χ2v) is 9.75. The molecule has 1 aliphatic heterocycles. The smallest absolute Gasteiger partial charge is 0.243 e. The van der Waals surface area contributed by atoms with Gasteiger partial charge in [-0.05, 0) is 48.4 Å². The number of nitrogens with zero attached hydrogens (tertiary/aromatic N) is 1. The van der Waals surface area contributed by atoms with Crippen LogP contribution in [0, 0.1) is 11.7 Å². The van der Waals surface area contributed by atoms with Gasteiger partial charge in [0.25, 0.3) is 0 Å². The van der Waals surface area contributed by atoms with Crippen LogP contribution in [0.5, 0.6) is 0 Å². The van der Waals surface area contributed by atoms with Gasteiger partial charge in [-0.3, -0.25) is 4.79 Å². The maximum atomic E-state index is 13.4. The van der Waals surface area contributed by atoms with E-state index in [2.05, 4.69) is 5.32 Å². The van der Waals surface area contributed by atoms with Crippen molar-refractivity contribution >= 4 is 26.7 Å². The maximum Gasteiger partial charge on any atom is 0.243 e. The Bertz CT molecular complexity index is 1170. The SMILES string of the molecule is O=C(NCCc1ccc(F)cc1)C1CCCN(S(=O)(=O)c2cccc3ccccc23)C1. The lowest BCUT2D eigenvalue weighted by Gasteiger charge is -2.31. The van der Waals surface area contributed by atoms with Gasteiger partial charge in [0.1, 0.15) is 5.82 Å². The first kappa shape index (κ1) is 21.5. The van der Waals surface area contributed by atoms with E-state index in [1.807, 2.05) is 30.3 Å². The van der Waals surface area contributed by atoms with Gasteiger partial charge in [0, 0.05) is 25.0 Å². The summed E-state index contributed by atoms with van der Waals surface area (Å²) in [6.07, 6.45) is 1.89. The summed E-state index contributed by atoms with van der Waals surface area (Å²) < 4.78 is 41.2. The molecule has 1 heterocycles. The number of halogens is 1. The molecule has 7 heteroatoms. The lowest BCUT2D eigenvalue weighted by molar-refractivity contribution is -0.126. The lowest BCUT2D eigenvalue weighted by Crippen LogP contribution is -2.45. The van der Waals surface area contributed by atoms with Gasteiger partial charge in [0.15, 0.2) is 0 Å². The van der Waals surface area contributed by atoms with Crippen LogP contribution in [-0.2, 0) is 21.2 Å². The van der Waals surface area contributed by atoms with Crippen LogP contribution < -0.4 is 5.32 Å². The summed E-state index contributed by atoms with van der Waals surface area (Å²) in [6, 6.07) is 18.9. The Morgan fingerprint density at radius 1 is 1.03 bits per heavy atom. The maximum absolute atomic E-state index is 13.4. The largest absolute Gasteiger partial charge is 0.355 e. The minimum Gasteiger partial charge on any atom is -0.355 e. The molecule has 1 unspecified atom stereocenters. The first-order valence-corrected chi connectivity index (χ1v) is 11.9. The number of nitrogens with one attached hydrogen (secondary N) is 1. The third-order valence-electron chi connectivity index (χ3n) is 5.75. The number of hydrogen-bond acceptors (Lipinski definition) is 3. The third-order valence-corrected chi connectivity index (χ3v) is 7.67. The van der Waals surface area contributed by atoms with Gasteiger partial charge in [-0.15, -0.1) is 0 Å². The van der Waals surface area contributed by atoms with Crippen molar-refractivity contribution in [3.8, 4) is 0 Å².